The summed E-state index contributed by atoms with van der Waals surface area (Å²) in [5.41, 5.74) is 6.19. The summed E-state index contributed by atoms with van der Waals surface area (Å²) in [6.07, 6.45) is 0. The second-order valence-corrected chi connectivity index (χ2v) is 5.44. The average Bonchev–Trinajstić information content (AvgIpc) is 2.38. The summed E-state index contributed by atoms with van der Waals surface area (Å²) in [5, 5.41) is 2.58. The molecule has 0 fully saturated rings. The molecule has 0 bridgehead atoms. The standard InChI is InChI=1S/C13H12N2O4S/c14-11-8-10(6-7-12(11)20(17,18)19)15-13(16)9-4-2-1-3-5-9/h1-8H,14H2,(H,15,16)(H,17,18,19). The minimum Gasteiger partial charge on any atom is -0.398 e. The topological polar surface area (TPSA) is 109 Å². The highest BCUT2D eigenvalue weighted by Gasteiger charge is 2.14. The maximum Gasteiger partial charge on any atom is 0.296 e. The second kappa shape index (κ2) is 5.32. The minimum atomic E-state index is -4.37. The van der Waals surface area contributed by atoms with Crippen LogP contribution in [0.4, 0.5) is 11.4 Å². The Balaban J connectivity index is 2.24. The van der Waals surface area contributed by atoms with Gasteiger partial charge in [-0.3, -0.25) is 9.35 Å². The number of hydrogen-bond acceptors (Lipinski definition) is 4. The first-order valence-corrected chi connectivity index (χ1v) is 7.05. The summed E-state index contributed by atoms with van der Waals surface area (Å²) in [6.45, 7) is 0. The van der Waals surface area contributed by atoms with Crippen LogP contribution in [0.25, 0.3) is 0 Å². The van der Waals surface area contributed by atoms with Gasteiger partial charge in [-0.15, -0.1) is 0 Å². The summed E-state index contributed by atoms with van der Waals surface area (Å²) in [7, 11) is -4.37. The highest BCUT2D eigenvalue weighted by molar-refractivity contribution is 7.86. The molecule has 0 saturated carbocycles. The predicted octanol–water partition coefficient (Wildman–Crippen LogP) is 1.77. The van der Waals surface area contributed by atoms with E-state index >= 15 is 0 Å². The van der Waals surface area contributed by atoms with Crippen molar-refractivity contribution in [2.24, 2.45) is 0 Å². The molecule has 6 nitrogen and oxygen atoms in total. The summed E-state index contributed by atoms with van der Waals surface area (Å²) in [6, 6.07) is 12.3. The molecular weight excluding hydrogens is 280 g/mol. The fraction of sp³-hybridized carbons (Fsp3) is 0. The van der Waals surface area contributed by atoms with Crippen molar-refractivity contribution in [2.45, 2.75) is 4.90 Å². The minimum absolute atomic E-state index is 0.140. The zero-order valence-electron chi connectivity index (χ0n) is 10.3. The predicted molar refractivity (Wildman–Crippen MR) is 75.1 cm³/mol. The highest BCUT2D eigenvalue weighted by Crippen LogP contribution is 2.22. The number of nitrogens with one attached hydrogen (secondary N) is 1. The van der Waals surface area contributed by atoms with Crippen LogP contribution >= 0.6 is 0 Å². The maximum absolute atomic E-state index is 11.9. The van der Waals surface area contributed by atoms with E-state index in [2.05, 4.69) is 5.32 Å². The zero-order chi connectivity index (χ0) is 14.8. The number of anilines is 2. The zero-order valence-corrected chi connectivity index (χ0v) is 11.1. The first kappa shape index (κ1) is 14.0. The Labute approximate surface area is 116 Å². The van der Waals surface area contributed by atoms with E-state index in [1.165, 1.54) is 12.1 Å². The van der Waals surface area contributed by atoms with Crippen LogP contribution in [0, 0.1) is 0 Å². The van der Waals surface area contributed by atoms with Gasteiger partial charge in [-0.05, 0) is 30.3 Å². The van der Waals surface area contributed by atoms with Crippen molar-refractivity contribution in [3.63, 3.8) is 0 Å². The van der Waals surface area contributed by atoms with Crippen LogP contribution in [0.15, 0.2) is 53.4 Å². The molecule has 4 N–H and O–H groups in total. The van der Waals surface area contributed by atoms with Gasteiger partial charge in [0.2, 0.25) is 0 Å². The van der Waals surface area contributed by atoms with Crippen LogP contribution in [-0.2, 0) is 10.1 Å². The van der Waals surface area contributed by atoms with Crippen molar-refractivity contribution < 1.29 is 17.8 Å². The fourth-order valence-electron chi connectivity index (χ4n) is 1.65. The lowest BCUT2D eigenvalue weighted by atomic mass is 10.2. The van der Waals surface area contributed by atoms with E-state index < -0.39 is 15.0 Å². The third kappa shape index (κ3) is 3.14. The molecular formula is C13H12N2O4S. The Morgan fingerprint density at radius 1 is 1.10 bits per heavy atom. The molecule has 2 rings (SSSR count). The van der Waals surface area contributed by atoms with E-state index in [0.29, 0.717) is 11.3 Å². The lowest BCUT2D eigenvalue weighted by Gasteiger charge is -2.08. The third-order valence-corrected chi connectivity index (χ3v) is 3.51. The van der Waals surface area contributed by atoms with E-state index in [9.17, 15) is 13.2 Å². The maximum atomic E-state index is 11.9. The molecule has 20 heavy (non-hydrogen) atoms. The van der Waals surface area contributed by atoms with Gasteiger partial charge in [0.05, 0.1) is 5.69 Å². The van der Waals surface area contributed by atoms with Crippen LogP contribution in [0.3, 0.4) is 0 Å². The monoisotopic (exact) mass is 292 g/mol. The van der Waals surface area contributed by atoms with E-state index in [1.54, 1.807) is 30.3 Å². The van der Waals surface area contributed by atoms with Crippen molar-refractivity contribution in [3.8, 4) is 0 Å². The molecule has 104 valence electrons. The Bertz CT molecular complexity index is 742. The van der Waals surface area contributed by atoms with Gasteiger partial charge in [-0.1, -0.05) is 18.2 Å². The number of nitrogens with two attached hydrogens (primary N) is 1. The van der Waals surface area contributed by atoms with Gasteiger partial charge in [-0.25, -0.2) is 0 Å². The highest BCUT2D eigenvalue weighted by atomic mass is 32.2. The smallest absolute Gasteiger partial charge is 0.296 e. The number of hydrogen-bond donors (Lipinski definition) is 3. The fourth-order valence-corrected chi connectivity index (χ4v) is 2.25. The summed E-state index contributed by atoms with van der Waals surface area (Å²) in [4.78, 5) is 11.5. The van der Waals surface area contributed by atoms with Gasteiger partial charge < -0.3 is 11.1 Å². The van der Waals surface area contributed by atoms with Gasteiger partial charge in [0.1, 0.15) is 4.90 Å². The molecule has 0 saturated heterocycles. The van der Waals surface area contributed by atoms with Crippen LogP contribution < -0.4 is 11.1 Å². The SMILES string of the molecule is Nc1cc(NC(=O)c2ccccc2)ccc1S(=O)(=O)O. The third-order valence-electron chi connectivity index (χ3n) is 2.58. The average molecular weight is 292 g/mol. The Morgan fingerprint density at radius 2 is 1.75 bits per heavy atom. The van der Waals surface area contributed by atoms with Gasteiger partial charge in [0.25, 0.3) is 16.0 Å². The largest absolute Gasteiger partial charge is 0.398 e. The van der Waals surface area contributed by atoms with Gasteiger partial charge in [0.15, 0.2) is 0 Å². The van der Waals surface area contributed by atoms with Crippen LogP contribution in [0.1, 0.15) is 10.4 Å². The second-order valence-electron chi connectivity index (χ2n) is 4.05. The summed E-state index contributed by atoms with van der Waals surface area (Å²) >= 11 is 0. The van der Waals surface area contributed by atoms with E-state index in [1.807, 2.05) is 0 Å². The first-order chi connectivity index (χ1) is 9.38. The molecule has 0 radical (unpaired) electrons. The van der Waals surface area contributed by atoms with Gasteiger partial charge in [0, 0.05) is 11.3 Å². The summed E-state index contributed by atoms with van der Waals surface area (Å²) < 4.78 is 30.9. The summed E-state index contributed by atoms with van der Waals surface area (Å²) in [5.74, 6) is -0.343. The van der Waals surface area contributed by atoms with Crippen molar-refractivity contribution in [3.05, 3.63) is 54.1 Å². The number of amides is 1. The molecule has 0 heterocycles. The van der Waals surface area contributed by atoms with Crippen molar-refractivity contribution in [1.82, 2.24) is 0 Å². The van der Waals surface area contributed by atoms with E-state index in [-0.39, 0.29) is 11.6 Å². The lowest BCUT2D eigenvalue weighted by Crippen LogP contribution is -2.12. The Morgan fingerprint density at radius 3 is 2.30 bits per heavy atom. The number of carbonyl (C=O) groups is 1. The molecule has 0 spiro atoms. The number of nitrogen functional groups attached to an aromatic ring is 1. The van der Waals surface area contributed by atoms with Crippen LogP contribution in [0.5, 0.6) is 0 Å². The van der Waals surface area contributed by atoms with Gasteiger partial charge in [-0.2, -0.15) is 8.42 Å². The molecule has 0 aliphatic heterocycles. The van der Waals surface area contributed by atoms with Crippen molar-refractivity contribution in [1.29, 1.82) is 0 Å². The van der Waals surface area contributed by atoms with Crippen molar-refractivity contribution >= 4 is 27.4 Å². The van der Waals surface area contributed by atoms with Crippen molar-refractivity contribution in [2.75, 3.05) is 11.1 Å². The molecule has 1 amide bonds. The molecule has 0 aliphatic carbocycles. The first-order valence-electron chi connectivity index (χ1n) is 5.61. The normalized spacial score (nSPS) is 11.1. The quantitative estimate of drug-likeness (QED) is 0.590. The molecule has 0 atom stereocenters. The van der Waals surface area contributed by atoms with Gasteiger partial charge >= 0.3 is 0 Å². The molecule has 0 aliphatic rings. The number of carbonyl (C=O) groups excluding carboxylic acids is 1. The number of rotatable bonds is 3. The number of benzene rings is 2. The van der Waals surface area contributed by atoms with Crippen LogP contribution in [0.2, 0.25) is 0 Å². The molecule has 2 aromatic rings. The van der Waals surface area contributed by atoms with E-state index in [4.69, 9.17) is 10.3 Å². The lowest BCUT2D eigenvalue weighted by molar-refractivity contribution is 0.102. The molecule has 0 unspecified atom stereocenters. The Kier molecular flexibility index (Phi) is 3.73. The Hall–Kier alpha value is -2.38. The molecule has 2 aromatic carbocycles. The molecule has 7 heteroatoms. The molecule has 0 aromatic heterocycles. The van der Waals surface area contributed by atoms with E-state index in [0.717, 1.165) is 6.07 Å². The van der Waals surface area contributed by atoms with Crippen LogP contribution in [-0.4, -0.2) is 18.9 Å².